The summed E-state index contributed by atoms with van der Waals surface area (Å²) < 4.78 is 7.03. The number of rotatable bonds is 7. The zero-order valence-corrected chi connectivity index (χ0v) is 14.6. The van der Waals surface area contributed by atoms with Gasteiger partial charge in [-0.25, -0.2) is 9.97 Å². The molecule has 7 nitrogen and oxygen atoms in total. The molecule has 0 aliphatic carbocycles. The van der Waals surface area contributed by atoms with Crippen molar-refractivity contribution in [2.24, 2.45) is 0 Å². The smallest absolute Gasteiger partial charge is 0.257 e. The number of nitrogens with one attached hydrogen (secondary N) is 1. The normalized spacial score (nSPS) is 10.9. The Kier molecular flexibility index (Phi) is 5.49. The molecule has 0 unspecified atom stereocenters. The Hall–Kier alpha value is -2.61. The number of oxazole rings is 1. The van der Waals surface area contributed by atoms with Crippen LogP contribution in [0.2, 0.25) is 0 Å². The van der Waals surface area contributed by atoms with Gasteiger partial charge in [0.2, 0.25) is 5.91 Å². The van der Waals surface area contributed by atoms with Crippen LogP contribution >= 0.6 is 11.8 Å². The molecule has 2 aromatic heterocycles. The first-order chi connectivity index (χ1) is 12.2. The van der Waals surface area contributed by atoms with E-state index in [4.69, 9.17) is 4.42 Å². The lowest BCUT2D eigenvalue weighted by Crippen LogP contribution is -2.31. The molecule has 0 spiro atoms. The molecule has 130 valence electrons. The molecule has 0 aliphatic rings. The molecule has 25 heavy (non-hydrogen) atoms. The van der Waals surface area contributed by atoms with Gasteiger partial charge >= 0.3 is 0 Å². The molecule has 0 aliphatic heterocycles. The summed E-state index contributed by atoms with van der Waals surface area (Å²) in [5, 5.41) is 3.24. The van der Waals surface area contributed by atoms with Crippen LogP contribution in [0.15, 0.2) is 51.1 Å². The Labute approximate surface area is 148 Å². The van der Waals surface area contributed by atoms with E-state index in [1.54, 1.807) is 0 Å². The molecule has 3 rings (SSSR count). The van der Waals surface area contributed by atoms with Crippen molar-refractivity contribution in [1.82, 2.24) is 19.9 Å². The average Bonchev–Trinajstić information content (AvgIpc) is 3.04. The van der Waals surface area contributed by atoms with Gasteiger partial charge in [0.15, 0.2) is 5.58 Å². The molecule has 2 heterocycles. The minimum atomic E-state index is -0.140. The largest absolute Gasteiger partial charge is 0.431 e. The number of aryl methyl sites for hydroxylation is 1. The predicted octanol–water partition coefficient (Wildman–Crippen LogP) is 1.86. The highest BCUT2D eigenvalue weighted by Gasteiger charge is 2.09. The van der Waals surface area contributed by atoms with Crippen LogP contribution < -0.4 is 10.9 Å². The second kappa shape index (κ2) is 7.98. The lowest BCUT2D eigenvalue weighted by Gasteiger charge is -2.07. The van der Waals surface area contributed by atoms with Crippen molar-refractivity contribution in [2.75, 3.05) is 12.3 Å². The number of nitrogens with zero attached hydrogens (tertiary/aromatic N) is 3. The molecule has 0 bridgehead atoms. The lowest BCUT2D eigenvalue weighted by atomic mass is 10.3. The number of amides is 1. The Balaban J connectivity index is 1.46. The Morgan fingerprint density at radius 2 is 2.20 bits per heavy atom. The van der Waals surface area contributed by atoms with Gasteiger partial charge in [0.1, 0.15) is 5.52 Å². The molecule has 0 atom stereocenters. The lowest BCUT2D eigenvalue weighted by molar-refractivity contribution is -0.118. The summed E-state index contributed by atoms with van der Waals surface area (Å²) in [5.41, 5.74) is 2.13. The molecule has 3 aromatic rings. The molecular weight excluding hydrogens is 340 g/mol. The fourth-order valence-electron chi connectivity index (χ4n) is 2.23. The first-order valence-electron chi connectivity index (χ1n) is 7.96. The Bertz CT molecular complexity index is 902. The van der Waals surface area contributed by atoms with Gasteiger partial charge in [-0.3, -0.25) is 14.2 Å². The first-order valence-corrected chi connectivity index (χ1v) is 8.94. The number of benzene rings is 1. The fourth-order valence-corrected chi connectivity index (χ4v) is 2.90. The number of carbonyl (C=O) groups excluding carboxylic acids is 1. The maximum absolute atomic E-state index is 11.9. The zero-order valence-electron chi connectivity index (χ0n) is 13.8. The second-order valence-corrected chi connectivity index (χ2v) is 6.28. The first kappa shape index (κ1) is 17.2. The molecule has 0 saturated heterocycles. The third-order valence-electron chi connectivity index (χ3n) is 3.57. The average molecular weight is 358 g/mol. The monoisotopic (exact) mass is 358 g/mol. The highest BCUT2D eigenvalue weighted by atomic mass is 32.2. The van der Waals surface area contributed by atoms with Crippen LogP contribution in [0.1, 0.15) is 12.6 Å². The van der Waals surface area contributed by atoms with Gasteiger partial charge in [-0.2, -0.15) is 0 Å². The Morgan fingerprint density at radius 3 is 2.96 bits per heavy atom. The van der Waals surface area contributed by atoms with Crippen molar-refractivity contribution >= 4 is 28.8 Å². The van der Waals surface area contributed by atoms with E-state index in [1.165, 1.54) is 28.7 Å². The summed E-state index contributed by atoms with van der Waals surface area (Å²) in [5.74, 6) is 0.0628. The number of hydrogen-bond donors (Lipinski definition) is 1. The third-order valence-corrected chi connectivity index (χ3v) is 4.40. The highest BCUT2D eigenvalue weighted by molar-refractivity contribution is 7.99. The topological polar surface area (TPSA) is 90.0 Å². The zero-order chi connectivity index (χ0) is 17.6. The van der Waals surface area contributed by atoms with E-state index in [1.807, 2.05) is 31.2 Å². The summed E-state index contributed by atoms with van der Waals surface area (Å²) in [7, 11) is 0. The van der Waals surface area contributed by atoms with Gasteiger partial charge < -0.3 is 9.73 Å². The van der Waals surface area contributed by atoms with E-state index in [2.05, 4.69) is 15.3 Å². The van der Waals surface area contributed by atoms with Crippen LogP contribution in [0.5, 0.6) is 0 Å². The molecule has 0 saturated carbocycles. The number of carbonyl (C=O) groups is 1. The summed E-state index contributed by atoms with van der Waals surface area (Å²) >= 11 is 1.24. The van der Waals surface area contributed by atoms with Gasteiger partial charge in [-0.1, -0.05) is 30.8 Å². The van der Waals surface area contributed by atoms with Crippen LogP contribution in [0.4, 0.5) is 0 Å². The summed E-state index contributed by atoms with van der Waals surface area (Å²) in [6, 6.07) is 8.97. The second-order valence-electron chi connectivity index (χ2n) is 5.35. The van der Waals surface area contributed by atoms with Crippen LogP contribution in [-0.2, 0) is 17.8 Å². The summed E-state index contributed by atoms with van der Waals surface area (Å²) in [6.45, 7) is 2.69. The summed E-state index contributed by atoms with van der Waals surface area (Å²) in [4.78, 5) is 32.2. The number of fused-ring (bicyclic) bond motifs is 1. The van der Waals surface area contributed by atoms with Crippen molar-refractivity contribution < 1.29 is 9.21 Å². The maximum Gasteiger partial charge on any atom is 0.257 e. The van der Waals surface area contributed by atoms with Crippen molar-refractivity contribution in [3.8, 4) is 0 Å². The molecule has 1 aromatic carbocycles. The van der Waals surface area contributed by atoms with E-state index >= 15 is 0 Å². The van der Waals surface area contributed by atoms with Crippen molar-refractivity contribution in [3.63, 3.8) is 0 Å². The van der Waals surface area contributed by atoms with Gasteiger partial charge in [0.05, 0.1) is 12.1 Å². The fraction of sp³-hybridized carbons (Fsp3) is 0.294. The quantitative estimate of drug-likeness (QED) is 0.648. The number of aromatic nitrogens is 3. The van der Waals surface area contributed by atoms with Crippen LogP contribution in [0.25, 0.3) is 11.1 Å². The van der Waals surface area contributed by atoms with Crippen LogP contribution in [0.3, 0.4) is 0 Å². The minimum Gasteiger partial charge on any atom is -0.431 e. The van der Waals surface area contributed by atoms with E-state index in [-0.39, 0.29) is 17.2 Å². The predicted molar refractivity (Wildman–Crippen MR) is 95.6 cm³/mol. The molecule has 8 heteroatoms. The Morgan fingerprint density at radius 1 is 1.36 bits per heavy atom. The van der Waals surface area contributed by atoms with Gasteiger partial charge in [0.25, 0.3) is 10.8 Å². The van der Waals surface area contributed by atoms with E-state index in [0.717, 1.165) is 17.6 Å². The SMILES string of the molecule is CCc1cc(=O)n(CCNC(=O)CSc2nc3ccccc3o2)cn1. The molecule has 0 radical (unpaired) electrons. The van der Waals surface area contributed by atoms with Crippen LogP contribution in [0, 0.1) is 0 Å². The summed E-state index contributed by atoms with van der Waals surface area (Å²) in [6.07, 6.45) is 2.24. The van der Waals surface area contributed by atoms with Crippen molar-refractivity contribution in [3.05, 3.63) is 52.7 Å². The van der Waals surface area contributed by atoms with Crippen molar-refractivity contribution in [1.29, 1.82) is 0 Å². The van der Waals surface area contributed by atoms with Gasteiger partial charge in [0, 0.05) is 24.8 Å². The number of para-hydroxylation sites is 2. The standard InChI is InChI=1S/C17H18N4O3S/c1-2-12-9-16(23)21(11-19-12)8-7-18-15(22)10-25-17-20-13-5-3-4-6-14(13)24-17/h3-6,9,11H,2,7-8,10H2,1H3,(H,18,22). The molecule has 1 N–H and O–H groups in total. The van der Waals surface area contributed by atoms with E-state index < -0.39 is 0 Å². The molecule has 0 fully saturated rings. The molecule has 1 amide bonds. The van der Waals surface area contributed by atoms with Gasteiger partial charge in [-0.05, 0) is 18.6 Å². The van der Waals surface area contributed by atoms with Crippen molar-refractivity contribution in [2.45, 2.75) is 25.1 Å². The highest BCUT2D eigenvalue weighted by Crippen LogP contribution is 2.22. The maximum atomic E-state index is 11.9. The third kappa shape index (κ3) is 4.48. The van der Waals surface area contributed by atoms with E-state index in [0.29, 0.717) is 23.9 Å². The molecular formula is C17H18N4O3S. The number of hydrogen-bond acceptors (Lipinski definition) is 6. The van der Waals surface area contributed by atoms with Crippen LogP contribution in [-0.4, -0.2) is 32.7 Å². The minimum absolute atomic E-state index is 0.109. The van der Waals surface area contributed by atoms with E-state index in [9.17, 15) is 9.59 Å². The number of thioether (sulfide) groups is 1. The van der Waals surface area contributed by atoms with Gasteiger partial charge in [-0.15, -0.1) is 0 Å².